The van der Waals surface area contributed by atoms with Crippen molar-refractivity contribution in [2.45, 2.75) is 26.2 Å². The van der Waals surface area contributed by atoms with Gasteiger partial charge < -0.3 is 14.9 Å². The van der Waals surface area contributed by atoms with Crippen LogP contribution in [0.25, 0.3) is 0 Å². The quantitative estimate of drug-likeness (QED) is 0.650. The smallest absolute Gasteiger partial charge is 0.119 e. The van der Waals surface area contributed by atoms with Crippen LogP contribution in [-0.4, -0.2) is 24.4 Å². The first kappa shape index (κ1) is 13.8. The lowest BCUT2D eigenvalue weighted by Gasteiger charge is -2.20. The normalized spacial score (nSPS) is 10.5. The standard InChI is InChI=1S/C10H14O2.C2H6O/c1-10(2,3)8-6-7(11)4-5-9(8)12;1-3-2/h4-6,11-12H,1-3H3;1-2H3. The minimum Gasteiger partial charge on any atom is -0.508 e. The summed E-state index contributed by atoms with van der Waals surface area (Å²) in [6.45, 7) is 5.96. The van der Waals surface area contributed by atoms with Gasteiger partial charge in [-0.2, -0.15) is 0 Å². The van der Waals surface area contributed by atoms with Gasteiger partial charge in [0.15, 0.2) is 0 Å². The monoisotopic (exact) mass is 212 g/mol. The number of benzene rings is 1. The van der Waals surface area contributed by atoms with E-state index in [1.807, 2.05) is 20.8 Å². The first-order chi connectivity index (χ1) is 6.82. The van der Waals surface area contributed by atoms with E-state index in [-0.39, 0.29) is 16.9 Å². The van der Waals surface area contributed by atoms with Gasteiger partial charge in [-0.1, -0.05) is 20.8 Å². The summed E-state index contributed by atoms with van der Waals surface area (Å²) >= 11 is 0. The van der Waals surface area contributed by atoms with Crippen LogP contribution in [0.4, 0.5) is 0 Å². The van der Waals surface area contributed by atoms with Gasteiger partial charge in [0.25, 0.3) is 0 Å². The fraction of sp³-hybridized carbons (Fsp3) is 0.500. The zero-order valence-corrected chi connectivity index (χ0v) is 10.0. The molecule has 0 bridgehead atoms. The minimum atomic E-state index is -0.136. The van der Waals surface area contributed by atoms with Crippen molar-refractivity contribution in [1.82, 2.24) is 0 Å². The Hall–Kier alpha value is -1.22. The van der Waals surface area contributed by atoms with Gasteiger partial charge in [0.05, 0.1) is 0 Å². The number of ether oxygens (including phenoxy) is 1. The summed E-state index contributed by atoms with van der Waals surface area (Å²) in [5.41, 5.74) is 0.630. The molecule has 0 heterocycles. The van der Waals surface area contributed by atoms with Gasteiger partial charge in [0.1, 0.15) is 11.5 Å². The van der Waals surface area contributed by atoms with E-state index in [0.717, 1.165) is 5.56 Å². The number of methoxy groups -OCH3 is 1. The Kier molecular flexibility index (Phi) is 5.15. The van der Waals surface area contributed by atoms with Crippen molar-refractivity contribution in [1.29, 1.82) is 0 Å². The van der Waals surface area contributed by atoms with Crippen molar-refractivity contribution >= 4 is 0 Å². The largest absolute Gasteiger partial charge is 0.508 e. The van der Waals surface area contributed by atoms with Crippen molar-refractivity contribution in [3.63, 3.8) is 0 Å². The number of phenolic OH excluding ortho intramolecular Hbond substituents is 2. The third-order valence-corrected chi connectivity index (χ3v) is 1.79. The second-order valence-electron chi connectivity index (χ2n) is 4.36. The lowest BCUT2D eigenvalue weighted by atomic mass is 9.86. The molecule has 0 unspecified atom stereocenters. The molecule has 1 rings (SSSR count). The maximum atomic E-state index is 9.46. The van der Waals surface area contributed by atoms with E-state index in [1.54, 1.807) is 20.3 Å². The summed E-state index contributed by atoms with van der Waals surface area (Å²) in [5.74, 6) is 0.429. The zero-order chi connectivity index (χ0) is 12.1. The van der Waals surface area contributed by atoms with E-state index >= 15 is 0 Å². The highest BCUT2D eigenvalue weighted by Gasteiger charge is 2.17. The Morgan fingerprint density at radius 1 is 1.07 bits per heavy atom. The molecule has 0 saturated carbocycles. The highest BCUT2D eigenvalue weighted by Crippen LogP contribution is 2.32. The van der Waals surface area contributed by atoms with Gasteiger partial charge in [-0.15, -0.1) is 0 Å². The van der Waals surface area contributed by atoms with Crippen molar-refractivity contribution < 1.29 is 14.9 Å². The molecule has 0 radical (unpaired) electrons. The third kappa shape index (κ3) is 4.70. The van der Waals surface area contributed by atoms with Crippen molar-refractivity contribution in [2.75, 3.05) is 14.2 Å². The summed E-state index contributed by atoms with van der Waals surface area (Å²) in [6, 6.07) is 4.58. The fourth-order valence-electron chi connectivity index (χ4n) is 1.12. The van der Waals surface area contributed by atoms with E-state index in [9.17, 15) is 10.2 Å². The lowest BCUT2D eigenvalue weighted by Crippen LogP contribution is -2.10. The molecule has 0 atom stereocenters. The van der Waals surface area contributed by atoms with Gasteiger partial charge in [-0.25, -0.2) is 0 Å². The average Bonchev–Trinajstić information content (AvgIpc) is 2.09. The first-order valence-corrected chi connectivity index (χ1v) is 4.75. The molecule has 0 saturated heterocycles. The molecule has 2 N–H and O–H groups in total. The van der Waals surface area contributed by atoms with E-state index in [4.69, 9.17) is 0 Å². The van der Waals surface area contributed by atoms with Crippen LogP contribution >= 0.6 is 0 Å². The van der Waals surface area contributed by atoms with Crippen LogP contribution in [0.1, 0.15) is 26.3 Å². The van der Waals surface area contributed by atoms with E-state index in [1.165, 1.54) is 12.1 Å². The second-order valence-corrected chi connectivity index (χ2v) is 4.36. The third-order valence-electron chi connectivity index (χ3n) is 1.79. The molecule has 3 heteroatoms. The van der Waals surface area contributed by atoms with Gasteiger partial charge in [-0.05, 0) is 23.6 Å². The molecule has 3 nitrogen and oxygen atoms in total. The SMILES string of the molecule is CC(C)(C)c1cc(O)ccc1O.COC. The van der Waals surface area contributed by atoms with Crippen LogP contribution in [0.3, 0.4) is 0 Å². The number of hydrogen-bond acceptors (Lipinski definition) is 3. The Balaban J connectivity index is 0.000000583. The second kappa shape index (κ2) is 5.61. The average molecular weight is 212 g/mol. The molecule has 0 aliphatic heterocycles. The number of rotatable bonds is 0. The highest BCUT2D eigenvalue weighted by molar-refractivity contribution is 5.42. The maximum absolute atomic E-state index is 9.46. The molecule has 1 aromatic rings. The van der Waals surface area contributed by atoms with Crippen LogP contribution in [0.2, 0.25) is 0 Å². The first-order valence-electron chi connectivity index (χ1n) is 4.75. The fourth-order valence-corrected chi connectivity index (χ4v) is 1.12. The van der Waals surface area contributed by atoms with Gasteiger partial charge in [0.2, 0.25) is 0 Å². The van der Waals surface area contributed by atoms with Crippen LogP contribution in [0.5, 0.6) is 11.5 Å². The number of hydrogen-bond donors (Lipinski definition) is 2. The van der Waals surface area contributed by atoms with Crippen LogP contribution < -0.4 is 0 Å². The van der Waals surface area contributed by atoms with E-state index in [2.05, 4.69) is 4.74 Å². The summed E-state index contributed by atoms with van der Waals surface area (Å²) in [4.78, 5) is 0. The van der Waals surface area contributed by atoms with Gasteiger partial charge in [0, 0.05) is 19.8 Å². The van der Waals surface area contributed by atoms with Crippen LogP contribution in [0.15, 0.2) is 18.2 Å². The predicted octanol–water partition coefficient (Wildman–Crippen LogP) is 2.66. The molecule has 15 heavy (non-hydrogen) atoms. The van der Waals surface area contributed by atoms with Crippen molar-refractivity contribution in [2.24, 2.45) is 0 Å². The van der Waals surface area contributed by atoms with Crippen LogP contribution in [-0.2, 0) is 10.2 Å². The Morgan fingerprint density at radius 2 is 1.53 bits per heavy atom. The Labute approximate surface area is 91.3 Å². The molecular formula is C12H20O3. The summed E-state index contributed by atoms with van der Waals surface area (Å²) < 4.78 is 4.25. The van der Waals surface area contributed by atoms with E-state index < -0.39 is 0 Å². The van der Waals surface area contributed by atoms with Crippen LogP contribution in [0, 0.1) is 0 Å². The maximum Gasteiger partial charge on any atom is 0.119 e. The van der Waals surface area contributed by atoms with Gasteiger partial charge in [-0.3, -0.25) is 0 Å². The summed E-state index contributed by atoms with van der Waals surface area (Å²) in [6.07, 6.45) is 0. The van der Waals surface area contributed by atoms with Crippen molar-refractivity contribution in [3.05, 3.63) is 23.8 Å². The van der Waals surface area contributed by atoms with Crippen molar-refractivity contribution in [3.8, 4) is 11.5 Å². The zero-order valence-electron chi connectivity index (χ0n) is 10.0. The number of aromatic hydroxyl groups is 2. The topological polar surface area (TPSA) is 49.7 Å². The van der Waals surface area contributed by atoms with Gasteiger partial charge >= 0.3 is 0 Å². The molecule has 0 spiro atoms. The molecule has 0 amide bonds. The van der Waals surface area contributed by atoms with E-state index in [0.29, 0.717) is 0 Å². The number of phenols is 2. The Bertz CT molecular complexity index is 300. The predicted molar refractivity (Wildman–Crippen MR) is 61.4 cm³/mol. The molecule has 1 aromatic carbocycles. The highest BCUT2D eigenvalue weighted by atomic mass is 16.4. The lowest BCUT2D eigenvalue weighted by molar-refractivity contribution is 0.277. The molecule has 0 fully saturated rings. The molecule has 0 aliphatic rings. The Morgan fingerprint density at radius 3 is 1.87 bits per heavy atom. The molecular weight excluding hydrogens is 192 g/mol. The molecule has 86 valence electrons. The summed E-state index contributed by atoms with van der Waals surface area (Å²) in [7, 11) is 3.25. The molecule has 0 aromatic heterocycles. The molecule has 0 aliphatic carbocycles. The minimum absolute atomic E-state index is 0.136. The summed E-state index contributed by atoms with van der Waals surface area (Å²) in [5, 5.41) is 18.6.